The number of aryl methyl sites for hydroxylation is 2. The van der Waals surface area contributed by atoms with Crippen molar-refractivity contribution in [2.45, 2.75) is 26.9 Å². The summed E-state index contributed by atoms with van der Waals surface area (Å²) in [6.45, 7) is 6.55. The van der Waals surface area contributed by atoms with Crippen LogP contribution in [-0.4, -0.2) is 25.2 Å². The number of benzene rings is 2. The van der Waals surface area contributed by atoms with Crippen molar-refractivity contribution in [3.63, 3.8) is 0 Å². The first-order valence-electron chi connectivity index (χ1n) is 7.76. The zero-order chi connectivity index (χ0) is 16.7. The molecule has 122 valence electrons. The lowest BCUT2D eigenvalue weighted by atomic mass is 10.2. The van der Waals surface area contributed by atoms with Gasteiger partial charge in [0.25, 0.3) is 5.91 Å². The molecule has 1 N–H and O–H groups in total. The second-order valence-electron chi connectivity index (χ2n) is 5.43. The highest BCUT2D eigenvalue weighted by Crippen LogP contribution is 2.18. The van der Waals surface area contributed by atoms with Gasteiger partial charge >= 0.3 is 0 Å². The Labute approximate surface area is 137 Å². The summed E-state index contributed by atoms with van der Waals surface area (Å²) in [5.74, 6) is 1.42. The molecule has 0 heterocycles. The van der Waals surface area contributed by atoms with E-state index < -0.39 is 6.10 Å². The summed E-state index contributed by atoms with van der Waals surface area (Å²) in [5, 5.41) is 2.82. The number of nitrogens with one attached hydrogen (secondary N) is 1. The van der Waals surface area contributed by atoms with E-state index >= 15 is 0 Å². The molecular weight excluding hydrogens is 290 g/mol. The SMILES string of the molecule is Cc1ccccc1OCCNC(=O)C(C)Oc1ccccc1C. The molecule has 0 radical (unpaired) electrons. The molecule has 0 fully saturated rings. The fourth-order valence-corrected chi connectivity index (χ4v) is 2.13. The van der Waals surface area contributed by atoms with E-state index in [1.165, 1.54) is 0 Å². The third-order valence-electron chi connectivity index (χ3n) is 3.52. The van der Waals surface area contributed by atoms with Crippen molar-refractivity contribution in [1.82, 2.24) is 5.32 Å². The minimum absolute atomic E-state index is 0.151. The first-order valence-corrected chi connectivity index (χ1v) is 7.76. The number of amides is 1. The lowest BCUT2D eigenvalue weighted by molar-refractivity contribution is -0.127. The Balaban J connectivity index is 1.74. The zero-order valence-electron chi connectivity index (χ0n) is 13.8. The van der Waals surface area contributed by atoms with Gasteiger partial charge < -0.3 is 14.8 Å². The van der Waals surface area contributed by atoms with E-state index in [2.05, 4.69) is 5.32 Å². The number of carbonyl (C=O) groups excluding carboxylic acids is 1. The molecule has 2 aromatic rings. The van der Waals surface area contributed by atoms with Crippen molar-refractivity contribution < 1.29 is 14.3 Å². The van der Waals surface area contributed by atoms with Crippen LogP contribution < -0.4 is 14.8 Å². The molecule has 1 amide bonds. The molecule has 1 unspecified atom stereocenters. The molecule has 0 aliphatic carbocycles. The second kappa shape index (κ2) is 8.22. The molecule has 0 aliphatic heterocycles. The summed E-state index contributed by atoms with van der Waals surface area (Å²) in [6.07, 6.45) is -0.547. The molecular formula is C19H23NO3. The third-order valence-corrected chi connectivity index (χ3v) is 3.52. The quantitative estimate of drug-likeness (QED) is 0.798. The van der Waals surface area contributed by atoms with E-state index in [0.717, 1.165) is 22.6 Å². The van der Waals surface area contributed by atoms with Crippen LogP contribution in [0, 0.1) is 13.8 Å². The average molecular weight is 313 g/mol. The van der Waals surface area contributed by atoms with Crippen LogP contribution in [0.5, 0.6) is 11.5 Å². The number of ether oxygens (including phenoxy) is 2. The van der Waals surface area contributed by atoms with Gasteiger partial charge in [0.15, 0.2) is 6.10 Å². The van der Waals surface area contributed by atoms with E-state index in [1.807, 2.05) is 62.4 Å². The Morgan fingerprint density at radius 3 is 2.17 bits per heavy atom. The van der Waals surface area contributed by atoms with Crippen LogP contribution in [0.25, 0.3) is 0 Å². The summed E-state index contributed by atoms with van der Waals surface area (Å²) in [4.78, 5) is 12.0. The molecule has 0 aromatic heterocycles. The van der Waals surface area contributed by atoms with Crippen LogP contribution in [0.2, 0.25) is 0 Å². The van der Waals surface area contributed by atoms with E-state index in [9.17, 15) is 4.79 Å². The lowest BCUT2D eigenvalue weighted by Gasteiger charge is -2.16. The van der Waals surface area contributed by atoms with Gasteiger partial charge in [-0.05, 0) is 44.0 Å². The van der Waals surface area contributed by atoms with Crippen molar-refractivity contribution in [1.29, 1.82) is 0 Å². The van der Waals surface area contributed by atoms with Crippen molar-refractivity contribution >= 4 is 5.91 Å². The number of hydrogen-bond acceptors (Lipinski definition) is 3. The minimum atomic E-state index is -0.547. The molecule has 23 heavy (non-hydrogen) atoms. The van der Waals surface area contributed by atoms with Crippen molar-refractivity contribution in [3.8, 4) is 11.5 Å². The van der Waals surface area contributed by atoms with Crippen LogP contribution in [0.4, 0.5) is 0 Å². The summed E-state index contributed by atoms with van der Waals surface area (Å²) in [6, 6.07) is 15.5. The van der Waals surface area contributed by atoms with Gasteiger partial charge in [0.05, 0.1) is 6.54 Å². The smallest absolute Gasteiger partial charge is 0.260 e. The number of hydrogen-bond donors (Lipinski definition) is 1. The Bertz CT molecular complexity index is 655. The molecule has 0 aliphatic rings. The maximum Gasteiger partial charge on any atom is 0.260 e. The van der Waals surface area contributed by atoms with Crippen LogP contribution >= 0.6 is 0 Å². The molecule has 4 nitrogen and oxygen atoms in total. The number of rotatable bonds is 7. The summed E-state index contributed by atoms with van der Waals surface area (Å²) >= 11 is 0. The standard InChI is InChI=1S/C19H23NO3/c1-14-8-4-6-10-17(14)22-13-12-20-19(21)16(3)23-18-11-7-5-9-15(18)2/h4-11,16H,12-13H2,1-3H3,(H,20,21). The first-order chi connectivity index (χ1) is 11.1. The fraction of sp³-hybridized carbons (Fsp3) is 0.316. The molecule has 0 saturated carbocycles. The van der Waals surface area contributed by atoms with Gasteiger partial charge in [-0.25, -0.2) is 0 Å². The van der Waals surface area contributed by atoms with Gasteiger partial charge in [-0.1, -0.05) is 36.4 Å². The molecule has 0 spiro atoms. The van der Waals surface area contributed by atoms with Crippen molar-refractivity contribution in [3.05, 3.63) is 59.7 Å². The predicted octanol–water partition coefficient (Wildman–Crippen LogP) is 3.27. The highest BCUT2D eigenvalue weighted by Gasteiger charge is 2.14. The van der Waals surface area contributed by atoms with Crippen LogP contribution in [0.1, 0.15) is 18.1 Å². The third kappa shape index (κ3) is 5.02. The first kappa shape index (κ1) is 16.9. The van der Waals surface area contributed by atoms with Crippen LogP contribution in [0.15, 0.2) is 48.5 Å². The van der Waals surface area contributed by atoms with Gasteiger partial charge in [0.2, 0.25) is 0 Å². The number of para-hydroxylation sites is 2. The normalized spacial score (nSPS) is 11.6. The summed E-state index contributed by atoms with van der Waals surface area (Å²) in [7, 11) is 0. The highest BCUT2D eigenvalue weighted by atomic mass is 16.5. The largest absolute Gasteiger partial charge is 0.491 e. The van der Waals surface area contributed by atoms with Gasteiger partial charge in [-0.15, -0.1) is 0 Å². The predicted molar refractivity (Wildman–Crippen MR) is 91.0 cm³/mol. The highest BCUT2D eigenvalue weighted by molar-refractivity contribution is 5.80. The number of carbonyl (C=O) groups is 1. The Kier molecular flexibility index (Phi) is 6.03. The molecule has 2 aromatic carbocycles. The zero-order valence-corrected chi connectivity index (χ0v) is 13.8. The maximum atomic E-state index is 12.0. The summed E-state index contributed by atoms with van der Waals surface area (Å²) in [5.41, 5.74) is 2.09. The molecule has 4 heteroatoms. The van der Waals surface area contributed by atoms with Crippen molar-refractivity contribution in [2.24, 2.45) is 0 Å². The monoisotopic (exact) mass is 313 g/mol. The fourth-order valence-electron chi connectivity index (χ4n) is 2.13. The van der Waals surface area contributed by atoms with E-state index in [-0.39, 0.29) is 5.91 Å². The Morgan fingerprint density at radius 2 is 1.57 bits per heavy atom. The van der Waals surface area contributed by atoms with Gasteiger partial charge in [0.1, 0.15) is 18.1 Å². The van der Waals surface area contributed by atoms with Gasteiger partial charge in [-0.3, -0.25) is 4.79 Å². The van der Waals surface area contributed by atoms with Gasteiger partial charge in [-0.2, -0.15) is 0 Å². The Hall–Kier alpha value is -2.49. The van der Waals surface area contributed by atoms with Crippen LogP contribution in [0.3, 0.4) is 0 Å². The molecule has 0 bridgehead atoms. The molecule has 1 atom stereocenters. The lowest BCUT2D eigenvalue weighted by Crippen LogP contribution is -2.38. The van der Waals surface area contributed by atoms with Crippen LogP contribution in [-0.2, 0) is 4.79 Å². The van der Waals surface area contributed by atoms with Gasteiger partial charge in [0, 0.05) is 0 Å². The average Bonchev–Trinajstić information content (AvgIpc) is 2.55. The minimum Gasteiger partial charge on any atom is -0.491 e. The van der Waals surface area contributed by atoms with E-state index in [1.54, 1.807) is 6.92 Å². The Morgan fingerprint density at radius 1 is 1.00 bits per heavy atom. The maximum absolute atomic E-state index is 12.0. The second-order valence-corrected chi connectivity index (χ2v) is 5.43. The molecule has 2 rings (SSSR count). The topological polar surface area (TPSA) is 47.6 Å². The summed E-state index contributed by atoms with van der Waals surface area (Å²) < 4.78 is 11.3. The van der Waals surface area contributed by atoms with E-state index in [4.69, 9.17) is 9.47 Å². The molecule has 0 saturated heterocycles. The van der Waals surface area contributed by atoms with Crippen molar-refractivity contribution in [2.75, 3.05) is 13.2 Å². The van der Waals surface area contributed by atoms with E-state index in [0.29, 0.717) is 13.2 Å².